The second kappa shape index (κ2) is 10.6. The molecule has 1 aromatic heterocycles. The number of halogens is 1. The van der Waals surface area contributed by atoms with Gasteiger partial charge in [0, 0.05) is 13.1 Å². The Hall–Kier alpha value is -2.93. The molecule has 1 aliphatic carbocycles. The molecule has 7 heteroatoms. The lowest BCUT2D eigenvalue weighted by atomic mass is 9.97. The number of nitrogens with zero attached hydrogens (tertiary/aromatic N) is 2. The minimum atomic E-state index is -0.306. The number of para-hydroxylation sites is 1. The average Bonchev–Trinajstić information content (AvgIpc) is 2.82. The zero-order valence-corrected chi connectivity index (χ0v) is 18.7. The van der Waals surface area contributed by atoms with Gasteiger partial charge in [-0.05, 0) is 61.9 Å². The van der Waals surface area contributed by atoms with Crippen molar-refractivity contribution in [1.82, 2.24) is 14.9 Å². The van der Waals surface area contributed by atoms with Gasteiger partial charge in [0.15, 0.2) is 5.16 Å². The molecule has 1 amide bonds. The molecule has 2 aromatic carbocycles. The molecular formula is C25H26FN3O2S. The van der Waals surface area contributed by atoms with Gasteiger partial charge >= 0.3 is 0 Å². The highest BCUT2D eigenvalue weighted by Gasteiger charge is 2.14. The fourth-order valence-electron chi connectivity index (χ4n) is 3.83. The number of rotatable bonds is 8. The fourth-order valence-corrected chi connectivity index (χ4v) is 4.68. The third-order valence-electron chi connectivity index (χ3n) is 5.60. The first kappa shape index (κ1) is 22.3. The Morgan fingerprint density at radius 2 is 1.94 bits per heavy atom. The number of benzene rings is 2. The number of carbonyl (C=O) groups is 1. The van der Waals surface area contributed by atoms with Crippen LogP contribution >= 0.6 is 11.8 Å². The van der Waals surface area contributed by atoms with Gasteiger partial charge in [-0.25, -0.2) is 9.37 Å². The highest BCUT2D eigenvalue weighted by atomic mass is 32.2. The molecule has 0 radical (unpaired) electrons. The average molecular weight is 452 g/mol. The quantitative estimate of drug-likeness (QED) is 0.303. The molecule has 0 aliphatic heterocycles. The van der Waals surface area contributed by atoms with Crippen LogP contribution in [-0.2, 0) is 17.9 Å². The van der Waals surface area contributed by atoms with Crippen LogP contribution in [0.3, 0.4) is 0 Å². The highest BCUT2D eigenvalue weighted by molar-refractivity contribution is 7.99. The lowest BCUT2D eigenvalue weighted by molar-refractivity contribution is -0.118. The van der Waals surface area contributed by atoms with E-state index in [4.69, 9.17) is 0 Å². The van der Waals surface area contributed by atoms with Gasteiger partial charge in [-0.1, -0.05) is 47.7 Å². The number of nitrogens with one attached hydrogen (secondary N) is 1. The molecule has 4 rings (SSSR count). The van der Waals surface area contributed by atoms with E-state index in [1.165, 1.54) is 42.3 Å². The second-order valence-corrected chi connectivity index (χ2v) is 8.86. The standard InChI is InChI=1S/C25H26FN3O2S/c26-20-12-10-19(11-13-20)16-27-23(30)17-32-25-28-22-9-5-4-8-21(22)24(31)29(25)15-14-18-6-2-1-3-7-18/h4-6,8-13H,1-3,7,14-17H2,(H,27,30). The lowest BCUT2D eigenvalue weighted by Crippen LogP contribution is -2.27. The number of allylic oxidation sites excluding steroid dienone is 2. The Balaban J connectivity index is 1.47. The van der Waals surface area contributed by atoms with Crippen LogP contribution in [0.5, 0.6) is 0 Å². The summed E-state index contributed by atoms with van der Waals surface area (Å²) in [6.07, 6.45) is 7.74. The number of carbonyl (C=O) groups excluding carboxylic acids is 1. The molecule has 0 saturated carbocycles. The topological polar surface area (TPSA) is 64.0 Å². The number of hydrogen-bond donors (Lipinski definition) is 1. The summed E-state index contributed by atoms with van der Waals surface area (Å²) in [7, 11) is 0. The third-order valence-corrected chi connectivity index (χ3v) is 6.58. The van der Waals surface area contributed by atoms with Crippen molar-refractivity contribution in [2.45, 2.75) is 50.4 Å². The molecule has 5 nitrogen and oxygen atoms in total. The maximum Gasteiger partial charge on any atom is 0.262 e. The third kappa shape index (κ3) is 5.65. The summed E-state index contributed by atoms with van der Waals surface area (Å²) >= 11 is 1.27. The fraction of sp³-hybridized carbons (Fsp3) is 0.320. The van der Waals surface area contributed by atoms with Crippen LogP contribution in [0.4, 0.5) is 4.39 Å². The zero-order valence-electron chi connectivity index (χ0n) is 17.9. The van der Waals surface area contributed by atoms with E-state index in [1.54, 1.807) is 22.8 Å². The first-order valence-electron chi connectivity index (χ1n) is 10.9. The van der Waals surface area contributed by atoms with Gasteiger partial charge in [0.2, 0.25) is 5.91 Å². The molecule has 0 saturated heterocycles. The van der Waals surface area contributed by atoms with Gasteiger partial charge in [-0.2, -0.15) is 0 Å². The number of hydrogen-bond acceptors (Lipinski definition) is 4. The van der Waals surface area contributed by atoms with Crippen LogP contribution in [0.2, 0.25) is 0 Å². The minimum absolute atomic E-state index is 0.0683. The monoisotopic (exact) mass is 451 g/mol. The first-order chi connectivity index (χ1) is 15.6. The van der Waals surface area contributed by atoms with Crippen LogP contribution in [0.1, 0.15) is 37.7 Å². The molecule has 1 heterocycles. The molecule has 32 heavy (non-hydrogen) atoms. The highest BCUT2D eigenvalue weighted by Crippen LogP contribution is 2.23. The molecule has 0 unspecified atom stereocenters. The lowest BCUT2D eigenvalue weighted by Gasteiger charge is -2.16. The zero-order chi connectivity index (χ0) is 22.3. The molecule has 3 aromatic rings. The number of amides is 1. The smallest absolute Gasteiger partial charge is 0.262 e. The Morgan fingerprint density at radius 1 is 1.12 bits per heavy atom. The molecule has 1 N–H and O–H groups in total. The molecule has 1 aliphatic rings. The SMILES string of the molecule is O=C(CSc1nc2ccccc2c(=O)n1CCC1=CCCCC1)NCc1ccc(F)cc1. The van der Waals surface area contributed by atoms with E-state index in [-0.39, 0.29) is 23.0 Å². The van der Waals surface area contributed by atoms with Gasteiger partial charge in [0.1, 0.15) is 5.82 Å². The predicted octanol–water partition coefficient (Wildman–Crippen LogP) is 4.83. The molecule has 0 spiro atoms. The Morgan fingerprint density at radius 3 is 2.72 bits per heavy atom. The van der Waals surface area contributed by atoms with E-state index in [2.05, 4.69) is 16.4 Å². The molecule has 0 bridgehead atoms. The van der Waals surface area contributed by atoms with Crippen molar-refractivity contribution in [3.8, 4) is 0 Å². The summed E-state index contributed by atoms with van der Waals surface area (Å²) in [6.45, 7) is 0.883. The predicted molar refractivity (Wildman–Crippen MR) is 126 cm³/mol. The van der Waals surface area contributed by atoms with E-state index < -0.39 is 0 Å². The minimum Gasteiger partial charge on any atom is -0.351 e. The van der Waals surface area contributed by atoms with Crippen molar-refractivity contribution in [3.05, 3.63) is 81.9 Å². The van der Waals surface area contributed by atoms with Gasteiger partial charge in [0.05, 0.1) is 16.7 Å². The summed E-state index contributed by atoms with van der Waals surface area (Å²) in [4.78, 5) is 30.2. The van der Waals surface area contributed by atoms with E-state index in [0.717, 1.165) is 24.8 Å². The van der Waals surface area contributed by atoms with Crippen molar-refractivity contribution in [3.63, 3.8) is 0 Å². The molecular weight excluding hydrogens is 425 g/mol. The Labute approximate surface area is 190 Å². The van der Waals surface area contributed by atoms with Gasteiger partial charge in [-0.15, -0.1) is 0 Å². The van der Waals surface area contributed by atoms with E-state index in [0.29, 0.717) is 29.1 Å². The summed E-state index contributed by atoms with van der Waals surface area (Å²) in [6, 6.07) is 13.3. The van der Waals surface area contributed by atoms with Crippen LogP contribution in [0, 0.1) is 5.82 Å². The van der Waals surface area contributed by atoms with Crippen molar-refractivity contribution in [2.24, 2.45) is 0 Å². The molecule has 166 valence electrons. The summed E-state index contributed by atoms with van der Waals surface area (Å²) < 4.78 is 14.7. The largest absolute Gasteiger partial charge is 0.351 e. The molecule has 0 atom stereocenters. The van der Waals surface area contributed by atoms with Crippen molar-refractivity contribution < 1.29 is 9.18 Å². The number of aromatic nitrogens is 2. The van der Waals surface area contributed by atoms with Crippen molar-refractivity contribution >= 4 is 28.6 Å². The maximum atomic E-state index is 13.2. The van der Waals surface area contributed by atoms with Crippen LogP contribution < -0.4 is 10.9 Å². The van der Waals surface area contributed by atoms with Crippen molar-refractivity contribution in [1.29, 1.82) is 0 Å². The van der Waals surface area contributed by atoms with Gasteiger partial charge in [0.25, 0.3) is 5.56 Å². The van der Waals surface area contributed by atoms with Gasteiger partial charge in [-0.3, -0.25) is 14.2 Å². The number of thioether (sulfide) groups is 1. The normalized spacial score (nSPS) is 13.7. The summed E-state index contributed by atoms with van der Waals surface area (Å²) in [5.41, 5.74) is 2.79. The van der Waals surface area contributed by atoms with E-state index >= 15 is 0 Å². The van der Waals surface area contributed by atoms with Gasteiger partial charge < -0.3 is 5.32 Å². The number of fused-ring (bicyclic) bond motifs is 1. The maximum absolute atomic E-state index is 13.2. The first-order valence-corrected chi connectivity index (χ1v) is 11.9. The van der Waals surface area contributed by atoms with Crippen LogP contribution in [-0.4, -0.2) is 21.2 Å². The van der Waals surface area contributed by atoms with Crippen LogP contribution in [0.15, 0.2) is 70.1 Å². The Kier molecular flexibility index (Phi) is 7.37. The Bertz CT molecular complexity index is 1190. The molecule has 0 fully saturated rings. The van der Waals surface area contributed by atoms with Crippen molar-refractivity contribution in [2.75, 3.05) is 5.75 Å². The van der Waals surface area contributed by atoms with E-state index in [9.17, 15) is 14.0 Å². The van der Waals surface area contributed by atoms with E-state index in [1.807, 2.05) is 18.2 Å². The summed E-state index contributed by atoms with van der Waals surface area (Å²) in [5, 5.41) is 3.99. The second-order valence-electron chi connectivity index (χ2n) is 7.92. The van der Waals surface area contributed by atoms with Crippen LogP contribution in [0.25, 0.3) is 10.9 Å². The summed E-state index contributed by atoms with van der Waals surface area (Å²) in [5.74, 6) is -0.322.